The van der Waals surface area contributed by atoms with Gasteiger partial charge in [0.1, 0.15) is 11.5 Å². The second-order valence-electron chi connectivity index (χ2n) is 7.27. The van der Waals surface area contributed by atoms with Crippen LogP contribution in [0.4, 0.5) is 17.6 Å². The highest BCUT2D eigenvalue weighted by Gasteiger charge is 2.32. The van der Waals surface area contributed by atoms with Gasteiger partial charge in [0, 0.05) is 18.7 Å². The molecule has 2 aromatic carbocycles. The summed E-state index contributed by atoms with van der Waals surface area (Å²) >= 11 is 0. The summed E-state index contributed by atoms with van der Waals surface area (Å²) in [4.78, 5) is 31.9. The molecule has 9 nitrogen and oxygen atoms in total. The molecule has 3 aromatic rings. The van der Waals surface area contributed by atoms with Crippen molar-refractivity contribution in [1.82, 2.24) is 15.3 Å². The summed E-state index contributed by atoms with van der Waals surface area (Å²) in [6.45, 7) is -0.156. The van der Waals surface area contributed by atoms with Crippen LogP contribution in [0.5, 0.6) is 17.2 Å². The summed E-state index contributed by atoms with van der Waals surface area (Å²) in [5, 5.41) is 2.54. The SMILES string of the molecule is COC[C@@H](NC(=O)c1cc(=O)[nH]c(-c2ccc(OC)c(OC)c2)n1)c1ccc(OC(F)(F)F)c(F)c1. The Morgan fingerprint density at radius 1 is 1.03 bits per heavy atom. The standard InChI is InChI=1S/C23H21F4N3O6/c1-33-11-16(12-4-6-17(14(24)8-12)36-23(25,26)27)29-22(32)15-10-20(31)30-21(28-15)13-5-7-18(34-2)19(9-13)35-3/h4-10,16H,11H2,1-3H3,(H,29,32)(H,28,30,31)/t16-/m1/s1. The highest BCUT2D eigenvalue weighted by atomic mass is 19.4. The van der Waals surface area contributed by atoms with E-state index >= 15 is 0 Å². The molecule has 0 bridgehead atoms. The summed E-state index contributed by atoms with van der Waals surface area (Å²) in [5.41, 5.74) is -0.359. The lowest BCUT2D eigenvalue weighted by molar-refractivity contribution is -0.275. The number of nitrogens with one attached hydrogen (secondary N) is 2. The number of ether oxygens (including phenoxy) is 4. The number of methoxy groups -OCH3 is 3. The Hall–Kier alpha value is -4.13. The second-order valence-corrected chi connectivity index (χ2v) is 7.27. The van der Waals surface area contributed by atoms with E-state index in [1.165, 1.54) is 21.3 Å². The van der Waals surface area contributed by atoms with E-state index in [0.717, 1.165) is 24.3 Å². The average Bonchev–Trinajstić information content (AvgIpc) is 2.83. The van der Waals surface area contributed by atoms with Crippen LogP contribution in [0.3, 0.4) is 0 Å². The topological polar surface area (TPSA) is 112 Å². The van der Waals surface area contributed by atoms with Crippen molar-refractivity contribution in [2.45, 2.75) is 12.4 Å². The predicted molar refractivity (Wildman–Crippen MR) is 119 cm³/mol. The molecule has 1 atom stereocenters. The number of alkyl halides is 3. The quantitative estimate of drug-likeness (QED) is 0.422. The zero-order valence-electron chi connectivity index (χ0n) is 19.2. The first-order valence-corrected chi connectivity index (χ1v) is 10.2. The largest absolute Gasteiger partial charge is 0.573 e. The molecule has 192 valence electrons. The number of nitrogens with zero attached hydrogens (tertiary/aromatic N) is 1. The van der Waals surface area contributed by atoms with Crippen molar-refractivity contribution in [2.24, 2.45) is 0 Å². The molecule has 0 aliphatic rings. The molecular formula is C23H21F4N3O6. The zero-order chi connectivity index (χ0) is 26.5. The van der Waals surface area contributed by atoms with Crippen LogP contribution in [0, 0.1) is 5.82 Å². The van der Waals surface area contributed by atoms with E-state index < -0.39 is 35.4 Å². The number of aromatic nitrogens is 2. The van der Waals surface area contributed by atoms with Crippen molar-refractivity contribution in [3.8, 4) is 28.6 Å². The number of aromatic amines is 1. The smallest absolute Gasteiger partial charge is 0.493 e. The normalized spacial score (nSPS) is 12.1. The van der Waals surface area contributed by atoms with Gasteiger partial charge >= 0.3 is 6.36 Å². The van der Waals surface area contributed by atoms with E-state index in [0.29, 0.717) is 17.1 Å². The number of carbonyl (C=O) groups excluding carboxylic acids is 1. The highest BCUT2D eigenvalue weighted by molar-refractivity contribution is 5.92. The van der Waals surface area contributed by atoms with Crippen molar-refractivity contribution in [3.05, 3.63) is 69.9 Å². The summed E-state index contributed by atoms with van der Waals surface area (Å²) in [6.07, 6.45) is -5.07. The molecule has 2 N–H and O–H groups in total. The van der Waals surface area contributed by atoms with E-state index in [1.54, 1.807) is 18.2 Å². The van der Waals surface area contributed by atoms with Gasteiger partial charge in [-0.05, 0) is 35.9 Å². The van der Waals surface area contributed by atoms with E-state index in [-0.39, 0.29) is 23.7 Å². The van der Waals surface area contributed by atoms with Gasteiger partial charge in [0.25, 0.3) is 11.5 Å². The highest BCUT2D eigenvalue weighted by Crippen LogP contribution is 2.31. The van der Waals surface area contributed by atoms with Crippen LogP contribution in [0.25, 0.3) is 11.4 Å². The Kier molecular flexibility index (Phi) is 8.14. The summed E-state index contributed by atoms with van der Waals surface area (Å²) < 4.78 is 70.5. The van der Waals surface area contributed by atoms with Gasteiger partial charge in [-0.25, -0.2) is 9.37 Å². The number of halogens is 4. The third-order valence-electron chi connectivity index (χ3n) is 4.85. The van der Waals surface area contributed by atoms with E-state index in [4.69, 9.17) is 14.2 Å². The minimum Gasteiger partial charge on any atom is -0.493 e. The van der Waals surface area contributed by atoms with E-state index in [1.807, 2.05) is 0 Å². The number of carbonyl (C=O) groups is 1. The third-order valence-corrected chi connectivity index (χ3v) is 4.85. The molecule has 1 heterocycles. The fraction of sp³-hybridized carbons (Fsp3) is 0.261. The first-order chi connectivity index (χ1) is 17.0. The van der Waals surface area contributed by atoms with Crippen LogP contribution in [-0.2, 0) is 4.74 Å². The van der Waals surface area contributed by atoms with E-state index in [2.05, 4.69) is 20.0 Å². The molecule has 0 spiro atoms. The number of benzene rings is 2. The monoisotopic (exact) mass is 511 g/mol. The summed E-state index contributed by atoms with van der Waals surface area (Å²) in [7, 11) is 4.21. The Bertz CT molecular complexity index is 1300. The maximum absolute atomic E-state index is 14.2. The number of rotatable bonds is 9. The van der Waals surface area contributed by atoms with Crippen LogP contribution in [0.2, 0.25) is 0 Å². The molecule has 1 aromatic heterocycles. The predicted octanol–water partition coefficient (Wildman–Crippen LogP) is 3.61. The maximum Gasteiger partial charge on any atom is 0.573 e. The van der Waals surface area contributed by atoms with Crippen LogP contribution in [0.1, 0.15) is 22.1 Å². The molecule has 0 saturated carbocycles. The van der Waals surface area contributed by atoms with Gasteiger partial charge < -0.3 is 29.2 Å². The molecule has 1 amide bonds. The second kappa shape index (κ2) is 11.1. The average molecular weight is 511 g/mol. The van der Waals surface area contributed by atoms with Gasteiger partial charge in [-0.3, -0.25) is 9.59 Å². The van der Waals surface area contributed by atoms with Crippen LogP contribution in [0.15, 0.2) is 47.3 Å². The number of hydrogen-bond acceptors (Lipinski definition) is 7. The van der Waals surface area contributed by atoms with Gasteiger partial charge in [-0.15, -0.1) is 13.2 Å². The molecule has 0 radical (unpaired) electrons. The Labute approximate surface area is 202 Å². The third kappa shape index (κ3) is 6.50. The molecule has 13 heteroatoms. The van der Waals surface area contributed by atoms with Crippen molar-refractivity contribution in [1.29, 1.82) is 0 Å². The molecule has 0 aliphatic heterocycles. The Morgan fingerprint density at radius 2 is 1.72 bits per heavy atom. The minimum absolute atomic E-state index is 0.0663. The zero-order valence-corrected chi connectivity index (χ0v) is 19.2. The van der Waals surface area contributed by atoms with Gasteiger partial charge in [-0.1, -0.05) is 6.07 Å². The minimum atomic E-state index is -5.07. The first kappa shape index (κ1) is 26.5. The number of hydrogen-bond donors (Lipinski definition) is 2. The fourth-order valence-corrected chi connectivity index (χ4v) is 3.26. The lowest BCUT2D eigenvalue weighted by Gasteiger charge is -2.19. The number of amides is 1. The molecule has 0 saturated heterocycles. The molecule has 36 heavy (non-hydrogen) atoms. The summed E-state index contributed by atoms with van der Waals surface area (Å²) in [5.74, 6) is -2.24. The van der Waals surface area contributed by atoms with Gasteiger partial charge in [-0.2, -0.15) is 0 Å². The van der Waals surface area contributed by atoms with Crippen molar-refractivity contribution < 1.29 is 41.3 Å². The van der Waals surface area contributed by atoms with Crippen molar-refractivity contribution in [3.63, 3.8) is 0 Å². The lowest BCUT2D eigenvalue weighted by Crippen LogP contribution is -2.33. The Balaban J connectivity index is 1.88. The maximum atomic E-state index is 14.2. The molecule has 0 unspecified atom stereocenters. The van der Waals surface area contributed by atoms with Crippen molar-refractivity contribution >= 4 is 5.91 Å². The van der Waals surface area contributed by atoms with Crippen LogP contribution >= 0.6 is 0 Å². The van der Waals surface area contributed by atoms with E-state index in [9.17, 15) is 27.2 Å². The fourth-order valence-electron chi connectivity index (χ4n) is 3.26. The molecule has 3 rings (SSSR count). The lowest BCUT2D eigenvalue weighted by atomic mass is 10.1. The van der Waals surface area contributed by atoms with Crippen LogP contribution < -0.4 is 25.1 Å². The number of H-pyrrole nitrogens is 1. The van der Waals surface area contributed by atoms with Gasteiger partial charge in [0.15, 0.2) is 23.1 Å². The molecule has 0 fully saturated rings. The van der Waals surface area contributed by atoms with Crippen LogP contribution in [-0.4, -0.2) is 50.2 Å². The van der Waals surface area contributed by atoms with Gasteiger partial charge in [0.2, 0.25) is 0 Å². The van der Waals surface area contributed by atoms with Crippen molar-refractivity contribution in [2.75, 3.05) is 27.9 Å². The first-order valence-electron chi connectivity index (χ1n) is 10.2. The summed E-state index contributed by atoms with van der Waals surface area (Å²) in [6, 6.07) is 7.44. The Morgan fingerprint density at radius 3 is 2.33 bits per heavy atom. The molecule has 0 aliphatic carbocycles. The molecular weight excluding hydrogens is 490 g/mol. The van der Waals surface area contributed by atoms with Gasteiger partial charge in [0.05, 0.1) is 26.9 Å².